The van der Waals surface area contributed by atoms with E-state index in [1.165, 1.54) is 0 Å². The minimum absolute atomic E-state index is 0.593. The standard InChI is InChI=1S/C20H23N3O4/c1-10-17(24)18(25)19(26)20(27-10)22-14-6-4-12-7-11-3-5-13(21)8-15(11)23(2)16(12)9-14/h3-10,17-20,24-26H,1-2H3,(H2,21,22)/p+1/t10-,17-,18+,19+,20+/m0/s1. The number of aromatic nitrogens is 1. The number of aliphatic hydroxyl groups is 3. The molecular formula is C20H24N3O4+. The van der Waals surface area contributed by atoms with Crippen molar-refractivity contribution in [1.82, 2.24) is 0 Å². The van der Waals surface area contributed by atoms with E-state index in [-0.39, 0.29) is 0 Å². The van der Waals surface area contributed by atoms with Gasteiger partial charge in [0.15, 0.2) is 6.23 Å². The lowest BCUT2D eigenvalue weighted by molar-refractivity contribution is -0.617. The molecule has 0 amide bonds. The van der Waals surface area contributed by atoms with E-state index < -0.39 is 30.6 Å². The van der Waals surface area contributed by atoms with Gasteiger partial charge in [0, 0.05) is 34.3 Å². The Kier molecular flexibility index (Phi) is 4.39. The fraction of sp³-hybridized carbons (Fsp3) is 0.350. The van der Waals surface area contributed by atoms with E-state index in [9.17, 15) is 15.3 Å². The minimum Gasteiger partial charge on any atom is -0.399 e. The number of nitrogens with zero attached hydrogens (tertiary/aromatic N) is 1. The molecule has 0 aliphatic carbocycles. The largest absolute Gasteiger partial charge is 0.399 e. The first-order chi connectivity index (χ1) is 12.8. The molecule has 0 saturated carbocycles. The Bertz CT molecular complexity index is 1010. The number of aliphatic hydroxyl groups excluding tert-OH is 3. The third kappa shape index (κ3) is 3.08. The molecule has 5 atom stereocenters. The van der Waals surface area contributed by atoms with Gasteiger partial charge in [0.05, 0.1) is 6.10 Å². The third-order valence-corrected chi connectivity index (χ3v) is 5.28. The van der Waals surface area contributed by atoms with Crippen LogP contribution in [0.15, 0.2) is 42.5 Å². The normalized spacial score (nSPS) is 28.6. The summed E-state index contributed by atoms with van der Waals surface area (Å²) in [4.78, 5) is 0. The van der Waals surface area contributed by atoms with Crippen LogP contribution in [-0.4, -0.2) is 46.0 Å². The zero-order valence-electron chi connectivity index (χ0n) is 15.2. The smallest absolute Gasteiger partial charge is 0.214 e. The molecule has 3 aromatic rings. The van der Waals surface area contributed by atoms with Crippen LogP contribution in [0.1, 0.15) is 6.92 Å². The number of hydrogen-bond acceptors (Lipinski definition) is 6. The summed E-state index contributed by atoms with van der Waals surface area (Å²) in [6.45, 7) is 1.66. The summed E-state index contributed by atoms with van der Waals surface area (Å²) in [6, 6.07) is 13.7. The van der Waals surface area contributed by atoms with Gasteiger partial charge in [0.25, 0.3) is 0 Å². The van der Waals surface area contributed by atoms with Gasteiger partial charge in [-0.3, -0.25) is 0 Å². The van der Waals surface area contributed by atoms with Crippen molar-refractivity contribution in [3.8, 4) is 0 Å². The predicted octanol–water partition coefficient (Wildman–Crippen LogP) is 0.639. The molecule has 1 aliphatic rings. The molecule has 0 bridgehead atoms. The molecule has 0 unspecified atom stereocenters. The van der Waals surface area contributed by atoms with E-state index in [1.807, 2.05) is 43.4 Å². The van der Waals surface area contributed by atoms with Crippen molar-refractivity contribution in [1.29, 1.82) is 0 Å². The number of aryl methyl sites for hydroxylation is 1. The van der Waals surface area contributed by atoms with Gasteiger partial charge in [-0.15, -0.1) is 0 Å². The lowest BCUT2D eigenvalue weighted by Crippen LogP contribution is -2.58. The maximum atomic E-state index is 10.2. The highest BCUT2D eigenvalue weighted by Crippen LogP contribution is 2.26. The van der Waals surface area contributed by atoms with Crippen LogP contribution in [0.2, 0.25) is 0 Å². The number of fused-ring (bicyclic) bond motifs is 2. The van der Waals surface area contributed by atoms with Gasteiger partial charge >= 0.3 is 0 Å². The van der Waals surface area contributed by atoms with Gasteiger partial charge in [-0.1, -0.05) is 0 Å². The van der Waals surface area contributed by atoms with Gasteiger partial charge < -0.3 is 31.1 Å². The second kappa shape index (κ2) is 6.61. The molecule has 1 aliphatic heterocycles. The van der Waals surface area contributed by atoms with E-state index in [0.717, 1.165) is 27.5 Å². The Hall–Kier alpha value is -2.45. The predicted molar refractivity (Wildman–Crippen MR) is 103 cm³/mol. The quantitative estimate of drug-likeness (QED) is 0.257. The summed E-state index contributed by atoms with van der Waals surface area (Å²) in [6.07, 6.45) is -5.04. The molecule has 4 rings (SSSR count). The number of hydrogen-bond donors (Lipinski definition) is 5. The molecule has 27 heavy (non-hydrogen) atoms. The number of ether oxygens (including phenoxy) is 1. The summed E-state index contributed by atoms with van der Waals surface area (Å²) in [5, 5.41) is 35.3. The Balaban J connectivity index is 1.71. The molecule has 2 aromatic carbocycles. The van der Waals surface area contributed by atoms with Crippen molar-refractivity contribution in [3.63, 3.8) is 0 Å². The molecule has 1 fully saturated rings. The van der Waals surface area contributed by atoms with Crippen molar-refractivity contribution < 1.29 is 24.6 Å². The van der Waals surface area contributed by atoms with Crippen LogP contribution >= 0.6 is 0 Å². The molecule has 6 N–H and O–H groups in total. The fourth-order valence-electron chi connectivity index (χ4n) is 3.65. The van der Waals surface area contributed by atoms with E-state index in [4.69, 9.17) is 10.5 Å². The molecule has 142 valence electrons. The second-order valence-electron chi connectivity index (χ2n) is 7.17. The minimum atomic E-state index is -1.27. The van der Waals surface area contributed by atoms with Crippen molar-refractivity contribution in [2.45, 2.75) is 37.6 Å². The molecule has 7 nitrogen and oxygen atoms in total. The first-order valence-corrected chi connectivity index (χ1v) is 8.93. The summed E-state index contributed by atoms with van der Waals surface area (Å²) >= 11 is 0. The van der Waals surface area contributed by atoms with E-state index >= 15 is 0 Å². The maximum absolute atomic E-state index is 10.2. The van der Waals surface area contributed by atoms with Gasteiger partial charge in [0.2, 0.25) is 11.0 Å². The van der Waals surface area contributed by atoms with Crippen LogP contribution in [0, 0.1) is 0 Å². The van der Waals surface area contributed by atoms with Gasteiger partial charge in [-0.25, -0.2) is 0 Å². The van der Waals surface area contributed by atoms with Gasteiger partial charge in [-0.05, 0) is 37.3 Å². The first kappa shape index (κ1) is 17.9. The summed E-state index contributed by atoms with van der Waals surface area (Å²) in [5.41, 5.74) is 9.36. The van der Waals surface area contributed by atoms with Crippen LogP contribution in [0.5, 0.6) is 0 Å². The monoisotopic (exact) mass is 370 g/mol. The fourth-order valence-corrected chi connectivity index (χ4v) is 3.65. The second-order valence-corrected chi connectivity index (χ2v) is 7.17. The lowest BCUT2D eigenvalue weighted by Gasteiger charge is -2.39. The Labute approximate surface area is 156 Å². The van der Waals surface area contributed by atoms with Crippen molar-refractivity contribution in [3.05, 3.63) is 42.5 Å². The summed E-state index contributed by atoms with van der Waals surface area (Å²) in [5.74, 6) is 0. The highest BCUT2D eigenvalue weighted by Gasteiger charge is 2.41. The number of nitrogen functional groups attached to an aromatic ring is 1. The SMILES string of the molecule is C[C@@H]1O[C@@H](Nc2ccc3cc4ccc(N)cc4[n+](C)c3c2)[C@H](O)[C@H](O)[C@H]1O. The van der Waals surface area contributed by atoms with Crippen LogP contribution in [-0.2, 0) is 11.8 Å². The average Bonchev–Trinajstić information content (AvgIpc) is 2.65. The number of anilines is 2. The number of pyridine rings is 1. The number of nitrogens with one attached hydrogen (secondary N) is 1. The third-order valence-electron chi connectivity index (χ3n) is 5.28. The maximum Gasteiger partial charge on any atom is 0.214 e. The topological polar surface area (TPSA) is 112 Å². The van der Waals surface area contributed by atoms with Crippen molar-refractivity contribution >= 4 is 33.2 Å². The molecule has 7 heteroatoms. The number of nitrogens with two attached hydrogens (primary N) is 1. The van der Waals surface area contributed by atoms with Crippen LogP contribution in [0.25, 0.3) is 21.8 Å². The van der Waals surface area contributed by atoms with E-state index in [0.29, 0.717) is 5.69 Å². The molecule has 0 radical (unpaired) electrons. The van der Waals surface area contributed by atoms with E-state index in [1.54, 1.807) is 6.92 Å². The van der Waals surface area contributed by atoms with Crippen LogP contribution in [0.4, 0.5) is 11.4 Å². The Morgan fingerprint density at radius 1 is 0.926 bits per heavy atom. The van der Waals surface area contributed by atoms with Crippen molar-refractivity contribution in [2.75, 3.05) is 11.1 Å². The lowest BCUT2D eigenvalue weighted by atomic mass is 9.99. The van der Waals surface area contributed by atoms with Crippen LogP contribution < -0.4 is 15.6 Å². The Morgan fingerprint density at radius 3 is 2.33 bits per heavy atom. The number of rotatable bonds is 2. The summed E-state index contributed by atoms with van der Waals surface area (Å²) in [7, 11) is 1.97. The highest BCUT2D eigenvalue weighted by molar-refractivity contribution is 5.91. The number of benzene rings is 2. The Morgan fingerprint density at radius 2 is 1.59 bits per heavy atom. The molecular weight excluding hydrogens is 346 g/mol. The molecule has 1 aromatic heterocycles. The van der Waals surface area contributed by atoms with Gasteiger partial charge in [-0.2, -0.15) is 4.57 Å². The first-order valence-electron chi connectivity index (χ1n) is 8.93. The summed E-state index contributed by atoms with van der Waals surface area (Å²) < 4.78 is 7.68. The van der Waals surface area contributed by atoms with Crippen molar-refractivity contribution in [2.24, 2.45) is 7.05 Å². The van der Waals surface area contributed by atoms with Crippen LogP contribution in [0.3, 0.4) is 0 Å². The molecule has 1 saturated heterocycles. The van der Waals surface area contributed by atoms with Gasteiger partial charge in [0.1, 0.15) is 25.4 Å². The average molecular weight is 370 g/mol. The highest BCUT2D eigenvalue weighted by atomic mass is 16.5. The zero-order valence-corrected chi connectivity index (χ0v) is 15.2. The van der Waals surface area contributed by atoms with E-state index in [2.05, 4.69) is 16.0 Å². The molecule has 0 spiro atoms. The zero-order chi connectivity index (χ0) is 19.3. The molecule has 2 heterocycles.